The highest BCUT2D eigenvalue weighted by Gasteiger charge is 2.33. The van der Waals surface area contributed by atoms with Gasteiger partial charge in [0.05, 0.1) is 7.11 Å². The molecule has 30 heavy (non-hydrogen) atoms. The summed E-state index contributed by atoms with van der Waals surface area (Å²) in [5, 5.41) is 0. The van der Waals surface area contributed by atoms with Gasteiger partial charge in [-0.1, -0.05) is 44.4 Å². The van der Waals surface area contributed by atoms with Crippen molar-refractivity contribution in [1.82, 2.24) is 9.88 Å². The number of methoxy groups -OCH3 is 1. The van der Waals surface area contributed by atoms with E-state index in [1.807, 2.05) is 41.3 Å². The van der Waals surface area contributed by atoms with Crippen molar-refractivity contribution in [3.05, 3.63) is 48.4 Å². The molecule has 5 nitrogen and oxygen atoms in total. The van der Waals surface area contributed by atoms with Crippen LogP contribution in [0.1, 0.15) is 63.8 Å². The molecule has 2 heterocycles. The fourth-order valence-electron chi connectivity index (χ4n) is 4.24. The molecular weight excluding hydrogens is 376 g/mol. The average molecular weight is 407 g/mol. The third kappa shape index (κ3) is 4.35. The second-order valence-corrected chi connectivity index (χ2v) is 8.02. The van der Waals surface area contributed by atoms with Crippen molar-refractivity contribution in [1.29, 1.82) is 0 Å². The third-order valence-corrected chi connectivity index (χ3v) is 5.91. The van der Waals surface area contributed by atoms with Gasteiger partial charge in [0.2, 0.25) is 11.8 Å². The summed E-state index contributed by atoms with van der Waals surface area (Å²) < 4.78 is 11.4. The molecule has 1 aliphatic heterocycles. The SMILES string of the molecule is CCCCCCC(=O)N1CCC[C@@H]1c1nc2cc(-c3cccc(OC)c3)ccc2o1. The van der Waals surface area contributed by atoms with Crippen molar-refractivity contribution < 1.29 is 13.9 Å². The Morgan fingerprint density at radius 1 is 1.17 bits per heavy atom. The predicted octanol–water partition coefficient (Wildman–Crippen LogP) is 6.14. The Morgan fingerprint density at radius 3 is 2.87 bits per heavy atom. The van der Waals surface area contributed by atoms with E-state index in [4.69, 9.17) is 14.1 Å². The molecule has 1 aromatic heterocycles. The molecule has 0 N–H and O–H groups in total. The Hall–Kier alpha value is -2.82. The molecule has 0 radical (unpaired) electrons. The van der Waals surface area contributed by atoms with Gasteiger partial charge in [0, 0.05) is 13.0 Å². The van der Waals surface area contributed by atoms with Crippen LogP contribution < -0.4 is 4.74 Å². The van der Waals surface area contributed by atoms with Crippen molar-refractivity contribution >= 4 is 17.0 Å². The number of oxazole rings is 1. The first kappa shape index (κ1) is 20.5. The summed E-state index contributed by atoms with van der Waals surface area (Å²) in [5.74, 6) is 1.72. The molecule has 0 unspecified atom stereocenters. The van der Waals surface area contributed by atoms with Gasteiger partial charge in [-0.3, -0.25) is 4.79 Å². The minimum absolute atomic E-state index is 0.0451. The van der Waals surface area contributed by atoms with Crippen LogP contribution >= 0.6 is 0 Å². The predicted molar refractivity (Wildman–Crippen MR) is 118 cm³/mol. The molecular formula is C25H30N2O3. The van der Waals surface area contributed by atoms with Crippen LogP contribution in [-0.4, -0.2) is 29.4 Å². The molecule has 1 fully saturated rings. The maximum Gasteiger partial charge on any atom is 0.223 e. The number of aromatic nitrogens is 1. The van der Waals surface area contributed by atoms with Gasteiger partial charge in [-0.2, -0.15) is 0 Å². The molecule has 1 saturated heterocycles. The number of amides is 1. The Balaban J connectivity index is 1.53. The molecule has 1 amide bonds. The number of ether oxygens (including phenoxy) is 1. The van der Waals surface area contributed by atoms with Gasteiger partial charge in [0.1, 0.15) is 17.3 Å². The topological polar surface area (TPSA) is 55.6 Å². The van der Waals surface area contributed by atoms with Gasteiger partial charge >= 0.3 is 0 Å². The molecule has 5 heteroatoms. The van der Waals surface area contributed by atoms with E-state index < -0.39 is 0 Å². The van der Waals surface area contributed by atoms with Crippen molar-refractivity contribution in [2.24, 2.45) is 0 Å². The van der Waals surface area contributed by atoms with Gasteiger partial charge < -0.3 is 14.1 Å². The number of unbranched alkanes of at least 4 members (excludes halogenated alkanes) is 3. The summed E-state index contributed by atoms with van der Waals surface area (Å²) in [5.41, 5.74) is 3.73. The van der Waals surface area contributed by atoms with Crippen LogP contribution in [0.3, 0.4) is 0 Å². The molecule has 0 saturated carbocycles. The number of hydrogen-bond acceptors (Lipinski definition) is 4. The summed E-state index contributed by atoms with van der Waals surface area (Å²) >= 11 is 0. The fraction of sp³-hybridized carbons (Fsp3) is 0.440. The third-order valence-electron chi connectivity index (χ3n) is 5.91. The number of rotatable bonds is 8. The first-order valence-corrected chi connectivity index (χ1v) is 11.0. The first-order chi connectivity index (χ1) is 14.7. The number of likely N-dealkylation sites (tertiary alicyclic amines) is 1. The molecule has 1 atom stereocenters. The zero-order valence-corrected chi connectivity index (χ0v) is 17.9. The molecule has 0 spiro atoms. The van der Waals surface area contributed by atoms with E-state index in [0.29, 0.717) is 12.3 Å². The van der Waals surface area contributed by atoms with E-state index in [2.05, 4.69) is 13.0 Å². The molecule has 0 aliphatic carbocycles. The number of benzene rings is 2. The Kier molecular flexibility index (Phi) is 6.36. The van der Waals surface area contributed by atoms with Crippen LogP contribution in [0.15, 0.2) is 46.9 Å². The Morgan fingerprint density at radius 2 is 2.03 bits per heavy atom. The van der Waals surface area contributed by atoms with Crippen LogP contribution in [0.25, 0.3) is 22.2 Å². The number of fused-ring (bicyclic) bond motifs is 1. The van der Waals surface area contributed by atoms with Gasteiger partial charge in [-0.05, 0) is 54.7 Å². The second-order valence-electron chi connectivity index (χ2n) is 8.02. The number of carbonyl (C=O) groups is 1. The molecule has 2 aromatic carbocycles. The van der Waals surface area contributed by atoms with Crippen LogP contribution in [0.2, 0.25) is 0 Å². The van der Waals surface area contributed by atoms with Crippen molar-refractivity contribution in [2.75, 3.05) is 13.7 Å². The Bertz CT molecular complexity index is 1010. The maximum atomic E-state index is 12.8. The lowest BCUT2D eigenvalue weighted by atomic mass is 10.1. The molecule has 158 valence electrons. The molecule has 1 aliphatic rings. The van der Waals surface area contributed by atoms with E-state index >= 15 is 0 Å². The minimum atomic E-state index is -0.0451. The van der Waals surface area contributed by atoms with E-state index in [1.54, 1.807) is 7.11 Å². The van der Waals surface area contributed by atoms with Crippen LogP contribution in [0, 0.1) is 0 Å². The highest BCUT2D eigenvalue weighted by molar-refractivity contribution is 5.81. The lowest BCUT2D eigenvalue weighted by Crippen LogP contribution is -2.30. The normalized spacial score (nSPS) is 16.3. The average Bonchev–Trinajstić information content (AvgIpc) is 3.43. The quantitative estimate of drug-likeness (QED) is 0.422. The van der Waals surface area contributed by atoms with E-state index in [9.17, 15) is 4.79 Å². The van der Waals surface area contributed by atoms with E-state index in [0.717, 1.165) is 60.2 Å². The summed E-state index contributed by atoms with van der Waals surface area (Å²) in [6, 6.07) is 14.0. The fourth-order valence-corrected chi connectivity index (χ4v) is 4.24. The zero-order chi connectivity index (χ0) is 20.9. The standard InChI is InChI=1S/C25H30N2O3/c1-3-4-5-6-12-24(28)27-15-8-11-22(27)25-26-21-17-19(13-14-23(21)30-25)18-9-7-10-20(16-18)29-2/h7,9-10,13-14,16-17,22H,3-6,8,11-12,15H2,1-2H3/t22-/m1/s1. The zero-order valence-electron chi connectivity index (χ0n) is 17.9. The van der Waals surface area contributed by atoms with E-state index in [1.165, 1.54) is 12.8 Å². The summed E-state index contributed by atoms with van der Waals surface area (Å²) in [4.78, 5) is 19.5. The van der Waals surface area contributed by atoms with Gasteiger partial charge in [-0.15, -0.1) is 0 Å². The number of carbonyl (C=O) groups excluding carboxylic acids is 1. The second kappa shape index (κ2) is 9.33. The highest BCUT2D eigenvalue weighted by Crippen LogP contribution is 2.35. The minimum Gasteiger partial charge on any atom is -0.497 e. The summed E-state index contributed by atoms with van der Waals surface area (Å²) in [6.07, 6.45) is 6.99. The van der Waals surface area contributed by atoms with E-state index in [-0.39, 0.29) is 11.9 Å². The van der Waals surface area contributed by atoms with Gasteiger partial charge in [-0.25, -0.2) is 4.98 Å². The molecule has 3 aromatic rings. The number of nitrogens with zero attached hydrogens (tertiary/aromatic N) is 2. The maximum absolute atomic E-state index is 12.8. The van der Waals surface area contributed by atoms with Crippen molar-refractivity contribution in [2.45, 2.75) is 57.9 Å². The molecule has 0 bridgehead atoms. The van der Waals surface area contributed by atoms with Gasteiger partial charge in [0.25, 0.3) is 0 Å². The highest BCUT2D eigenvalue weighted by atomic mass is 16.5. The lowest BCUT2D eigenvalue weighted by molar-refractivity contribution is -0.132. The van der Waals surface area contributed by atoms with Gasteiger partial charge in [0.15, 0.2) is 5.58 Å². The monoisotopic (exact) mass is 406 g/mol. The van der Waals surface area contributed by atoms with Crippen molar-refractivity contribution in [3.63, 3.8) is 0 Å². The molecule has 4 rings (SSSR count). The van der Waals surface area contributed by atoms with Crippen LogP contribution in [0.5, 0.6) is 5.75 Å². The smallest absolute Gasteiger partial charge is 0.223 e. The first-order valence-electron chi connectivity index (χ1n) is 11.0. The summed E-state index contributed by atoms with van der Waals surface area (Å²) in [6.45, 7) is 2.98. The summed E-state index contributed by atoms with van der Waals surface area (Å²) in [7, 11) is 1.67. The van der Waals surface area contributed by atoms with Crippen molar-refractivity contribution in [3.8, 4) is 16.9 Å². The van der Waals surface area contributed by atoms with Crippen LogP contribution in [0.4, 0.5) is 0 Å². The van der Waals surface area contributed by atoms with Crippen LogP contribution in [-0.2, 0) is 4.79 Å². The Labute approximate surface area is 178 Å². The lowest BCUT2D eigenvalue weighted by Gasteiger charge is -2.22. The number of hydrogen-bond donors (Lipinski definition) is 0. The largest absolute Gasteiger partial charge is 0.497 e.